The van der Waals surface area contributed by atoms with Crippen molar-refractivity contribution in [3.05, 3.63) is 63.9 Å². The van der Waals surface area contributed by atoms with E-state index >= 15 is 0 Å². The lowest BCUT2D eigenvalue weighted by Gasteiger charge is -2.44. The highest BCUT2D eigenvalue weighted by Crippen LogP contribution is 2.42. The number of piperazine rings is 1. The molecule has 1 atom stereocenters. The third kappa shape index (κ3) is 4.97. The molecule has 1 unspecified atom stereocenters. The van der Waals surface area contributed by atoms with E-state index in [4.69, 9.17) is 23.2 Å². The van der Waals surface area contributed by atoms with Crippen LogP contribution in [-0.4, -0.2) is 55.6 Å². The summed E-state index contributed by atoms with van der Waals surface area (Å²) in [6.45, 7) is 2.87. The van der Waals surface area contributed by atoms with Gasteiger partial charge < -0.3 is 4.90 Å². The average molecular weight is 518 g/mol. The molecular weight excluding hydrogens is 492 g/mol. The Morgan fingerprint density at radius 2 is 1.73 bits per heavy atom. The fourth-order valence-electron chi connectivity index (χ4n) is 4.08. The van der Waals surface area contributed by atoms with Crippen LogP contribution >= 0.6 is 23.2 Å². The fraction of sp³-hybridized carbons (Fsp3) is 0.409. The molecule has 1 heterocycles. The summed E-state index contributed by atoms with van der Waals surface area (Å²) >= 11 is 12.2. The van der Waals surface area contributed by atoms with Crippen LogP contribution < -0.4 is 4.90 Å². The molecule has 0 spiro atoms. The van der Waals surface area contributed by atoms with E-state index in [1.165, 1.54) is 34.6 Å². The van der Waals surface area contributed by atoms with Gasteiger partial charge in [0.2, 0.25) is 21.3 Å². The first-order valence-corrected chi connectivity index (χ1v) is 12.8. The minimum Gasteiger partial charge on any atom is -0.369 e. The van der Waals surface area contributed by atoms with Crippen LogP contribution in [0.15, 0.2) is 42.5 Å². The van der Waals surface area contributed by atoms with Crippen molar-refractivity contribution in [3.63, 3.8) is 0 Å². The van der Waals surface area contributed by atoms with Crippen LogP contribution in [0.25, 0.3) is 0 Å². The Balaban J connectivity index is 1.99. The molecule has 0 saturated carbocycles. The van der Waals surface area contributed by atoms with Crippen molar-refractivity contribution in [2.75, 3.05) is 31.1 Å². The van der Waals surface area contributed by atoms with Crippen LogP contribution in [-0.2, 0) is 19.7 Å². The standard InChI is InChI=1S/C22H26Cl2FN3O4S/c1-2-3-10-22(28(30)16-29,17-4-9-20(23)21(24)15-17)33(31,32)27-13-11-26(12-14-27)19-7-5-18(25)6-8-19/h4-9,15-16,30H,2-3,10-14H2,1H3. The highest BCUT2D eigenvalue weighted by molar-refractivity contribution is 7.90. The smallest absolute Gasteiger partial charge is 0.245 e. The number of hydrogen-bond acceptors (Lipinski definition) is 5. The maximum absolute atomic E-state index is 14.0. The van der Waals surface area contributed by atoms with Crippen LogP contribution in [0.5, 0.6) is 0 Å². The topological polar surface area (TPSA) is 81.2 Å². The van der Waals surface area contributed by atoms with Crippen molar-refractivity contribution in [3.8, 4) is 0 Å². The summed E-state index contributed by atoms with van der Waals surface area (Å²) in [5, 5.41) is 11.2. The summed E-state index contributed by atoms with van der Waals surface area (Å²) < 4.78 is 42.6. The molecule has 1 saturated heterocycles. The van der Waals surface area contributed by atoms with Crippen molar-refractivity contribution in [1.82, 2.24) is 9.37 Å². The number of halogens is 3. The number of anilines is 1. The normalized spacial score (nSPS) is 16.9. The van der Waals surface area contributed by atoms with E-state index in [1.54, 1.807) is 12.1 Å². The van der Waals surface area contributed by atoms with Gasteiger partial charge in [-0.3, -0.25) is 10.0 Å². The number of sulfonamides is 1. The van der Waals surface area contributed by atoms with E-state index in [-0.39, 0.29) is 52.4 Å². The van der Waals surface area contributed by atoms with Gasteiger partial charge in [0, 0.05) is 31.9 Å². The lowest BCUT2D eigenvalue weighted by molar-refractivity contribution is -0.169. The summed E-state index contributed by atoms with van der Waals surface area (Å²) in [4.78, 5) is 11.6. The van der Waals surface area contributed by atoms with Gasteiger partial charge in [-0.25, -0.2) is 12.8 Å². The number of amides is 1. The van der Waals surface area contributed by atoms with Crippen LogP contribution in [0, 0.1) is 5.82 Å². The summed E-state index contributed by atoms with van der Waals surface area (Å²) in [7, 11) is -4.27. The minimum atomic E-state index is -4.27. The quantitative estimate of drug-likeness (QED) is 0.301. The summed E-state index contributed by atoms with van der Waals surface area (Å²) in [6.07, 6.45) is 1.14. The van der Waals surface area contributed by atoms with E-state index in [9.17, 15) is 22.8 Å². The van der Waals surface area contributed by atoms with E-state index in [0.717, 1.165) is 5.69 Å². The highest BCUT2D eigenvalue weighted by Gasteiger charge is 2.53. The molecule has 1 aliphatic rings. The lowest BCUT2D eigenvalue weighted by atomic mass is 10.00. The number of carbonyl (C=O) groups excluding carboxylic acids is 1. The molecule has 1 aliphatic heterocycles. The number of rotatable bonds is 9. The maximum atomic E-state index is 14.0. The van der Waals surface area contributed by atoms with E-state index in [0.29, 0.717) is 25.9 Å². The highest BCUT2D eigenvalue weighted by atomic mass is 35.5. The Kier molecular flexibility index (Phi) is 8.23. The summed E-state index contributed by atoms with van der Waals surface area (Å²) in [5.41, 5.74) is 0.938. The second kappa shape index (κ2) is 10.6. The molecule has 3 rings (SSSR count). The van der Waals surface area contributed by atoms with Crippen molar-refractivity contribution in [2.45, 2.75) is 31.1 Å². The molecule has 0 aromatic heterocycles. The molecule has 0 radical (unpaired) electrons. The van der Waals surface area contributed by atoms with Gasteiger partial charge in [0.1, 0.15) is 5.82 Å². The van der Waals surface area contributed by atoms with Crippen LogP contribution in [0.2, 0.25) is 10.0 Å². The molecule has 7 nitrogen and oxygen atoms in total. The molecule has 2 aromatic carbocycles. The Morgan fingerprint density at radius 3 is 2.27 bits per heavy atom. The average Bonchev–Trinajstić information content (AvgIpc) is 2.81. The third-order valence-electron chi connectivity index (χ3n) is 5.91. The molecule has 1 fully saturated rings. The predicted molar refractivity (Wildman–Crippen MR) is 126 cm³/mol. The number of unbranched alkanes of at least 4 members (excludes halogenated alkanes) is 1. The van der Waals surface area contributed by atoms with Crippen molar-refractivity contribution in [2.24, 2.45) is 0 Å². The Morgan fingerprint density at radius 1 is 1.09 bits per heavy atom. The number of nitrogens with zero attached hydrogens (tertiary/aromatic N) is 3. The first-order chi connectivity index (χ1) is 15.7. The monoisotopic (exact) mass is 517 g/mol. The number of hydroxylamine groups is 2. The molecule has 180 valence electrons. The maximum Gasteiger partial charge on any atom is 0.245 e. The van der Waals surface area contributed by atoms with Gasteiger partial charge >= 0.3 is 0 Å². The number of benzene rings is 2. The molecule has 11 heteroatoms. The SMILES string of the molecule is CCCCC(c1ccc(Cl)c(Cl)c1)(N(O)C=O)S(=O)(=O)N1CCN(c2ccc(F)cc2)CC1. The molecule has 2 aromatic rings. The minimum absolute atomic E-state index is 0.0305. The fourth-order valence-corrected chi connectivity index (χ4v) is 6.56. The van der Waals surface area contributed by atoms with Crippen molar-refractivity contribution >= 4 is 45.3 Å². The zero-order valence-electron chi connectivity index (χ0n) is 18.1. The second-order valence-electron chi connectivity index (χ2n) is 7.83. The largest absolute Gasteiger partial charge is 0.369 e. The molecule has 1 amide bonds. The Bertz CT molecular complexity index is 1080. The van der Waals surface area contributed by atoms with E-state index in [2.05, 4.69) is 0 Å². The van der Waals surface area contributed by atoms with Gasteiger partial charge in [-0.2, -0.15) is 9.37 Å². The molecular formula is C22H26Cl2FN3O4S. The Hall–Kier alpha value is -1.91. The van der Waals surface area contributed by atoms with Gasteiger partial charge in [-0.15, -0.1) is 0 Å². The van der Waals surface area contributed by atoms with Crippen LogP contribution in [0.1, 0.15) is 31.7 Å². The van der Waals surface area contributed by atoms with Gasteiger partial charge in [-0.05, 0) is 54.8 Å². The summed E-state index contributed by atoms with van der Waals surface area (Å²) in [5.74, 6) is -0.348. The third-order valence-corrected chi connectivity index (χ3v) is 9.17. The van der Waals surface area contributed by atoms with Gasteiger partial charge in [0.25, 0.3) is 0 Å². The van der Waals surface area contributed by atoms with Crippen LogP contribution in [0.4, 0.5) is 10.1 Å². The predicted octanol–water partition coefficient (Wildman–Crippen LogP) is 4.48. The van der Waals surface area contributed by atoms with Gasteiger partial charge in [-0.1, -0.05) is 42.6 Å². The zero-order chi connectivity index (χ0) is 24.2. The van der Waals surface area contributed by atoms with E-state index in [1.807, 2.05) is 11.8 Å². The Labute approximate surface area is 203 Å². The first-order valence-electron chi connectivity index (χ1n) is 10.6. The molecule has 33 heavy (non-hydrogen) atoms. The number of hydrogen-bond donors (Lipinski definition) is 1. The van der Waals surface area contributed by atoms with Crippen molar-refractivity contribution in [1.29, 1.82) is 0 Å². The van der Waals surface area contributed by atoms with E-state index < -0.39 is 14.9 Å². The first kappa shape index (κ1) is 25.7. The summed E-state index contributed by atoms with van der Waals surface area (Å²) in [6, 6.07) is 10.3. The number of carbonyl (C=O) groups is 1. The van der Waals surface area contributed by atoms with Gasteiger partial charge in [0.15, 0.2) is 0 Å². The molecule has 1 N–H and O–H groups in total. The van der Waals surface area contributed by atoms with Crippen molar-refractivity contribution < 1.29 is 22.8 Å². The van der Waals surface area contributed by atoms with Gasteiger partial charge in [0.05, 0.1) is 10.0 Å². The zero-order valence-corrected chi connectivity index (χ0v) is 20.5. The second-order valence-corrected chi connectivity index (χ2v) is 10.8. The van der Waals surface area contributed by atoms with Crippen LogP contribution in [0.3, 0.4) is 0 Å². The molecule has 0 aliphatic carbocycles. The lowest BCUT2D eigenvalue weighted by Crippen LogP contribution is -2.59. The molecule has 0 bridgehead atoms.